The van der Waals surface area contributed by atoms with Crippen molar-refractivity contribution in [3.8, 4) is 0 Å². The first-order chi connectivity index (χ1) is 6.88. The van der Waals surface area contributed by atoms with Gasteiger partial charge < -0.3 is 14.0 Å². The van der Waals surface area contributed by atoms with Crippen LogP contribution in [-0.4, -0.2) is 31.8 Å². The second-order valence-electron chi connectivity index (χ2n) is 3.37. The Morgan fingerprint density at radius 2 is 1.00 bits per heavy atom. The van der Waals surface area contributed by atoms with Crippen LogP contribution < -0.4 is 10.4 Å². The van der Waals surface area contributed by atoms with E-state index in [0.29, 0.717) is 0 Å². The maximum absolute atomic E-state index is 4.32. The number of rotatable bonds is 2. The zero-order valence-corrected chi connectivity index (χ0v) is 13.6. The van der Waals surface area contributed by atoms with Gasteiger partial charge in [0.15, 0.2) is 0 Å². The summed E-state index contributed by atoms with van der Waals surface area (Å²) in [7, 11) is -1.17. The molecule has 0 aliphatic heterocycles. The second kappa shape index (κ2) is 9.71. The average Bonchev–Trinajstić information content (AvgIpc) is 2.30. The molecule has 0 atom stereocenters. The molecule has 0 fully saturated rings. The van der Waals surface area contributed by atoms with Gasteiger partial charge >= 0.3 is 23.1 Å². The Kier molecular flexibility index (Phi) is 10.9. The first kappa shape index (κ1) is 19.1. The zero-order valence-electron chi connectivity index (χ0n) is 10.2. The minimum absolute atomic E-state index is 0. The predicted molar refractivity (Wildman–Crippen MR) is 84.1 cm³/mol. The van der Waals surface area contributed by atoms with Gasteiger partial charge in [-0.1, -0.05) is 71.0 Å². The molecule has 0 heterocycles. The van der Waals surface area contributed by atoms with E-state index < -0.39 is 8.80 Å². The van der Waals surface area contributed by atoms with Gasteiger partial charge in [0.05, 0.1) is 0 Å². The number of hydrogen-bond acceptors (Lipinski definition) is 0. The Hall–Kier alpha value is -0.287. The van der Waals surface area contributed by atoms with Crippen LogP contribution in [0.25, 0.3) is 0 Å². The van der Waals surface area contributed by atoms with Gasteiger partial charge in [0, 0.05) is 0 Å². The molecule has 0 aliphatic carbocycles. The molecule has 0 bridgehead atoms. The van der Waals surface area contributed by atoms with Gasteiger partial charge in [-0.15, -0.1) is 12.4 Å². The van der Waals surface area contributed by atoms with E-state index in [2.05, 4.69) is 67.2 Å². The van der Waals surface area contributed by atoms with Crippen LogP contribution >= 0.6 is 12.4 Å². The molecule has 86 valence electrons. The Morgan fingerprint density at radius 1 is 0.706 bits per heavy atom. The summed E-state index contributed by atoms with van der Waals surface area (Å²) in [5, 5.41) is 2.80. The van der Waals surface area contributed by atoms with Crippen molar-refractivity contribution in [2.45, 2.75) is 0 Å². The van der Waals surface area contributed by atoms with Crippen molar-refractivity contribution in [3.05, 3.63) is 74.6 Å². The minimum Gasteiger partial charge on any atom is -0.358 e. The monoisotopic (exact) mass is 272 g/mol. The summed E-state index contributed by atoms with van der Waals surface area (Å²) in [5.41, 5.74) is 0. The smallest absolute Gasteiger partial charge is 0.358 e. The van der Waals surface area contributed by atoms with Gasteiger partial charge in [0.25, 0.3) is 0 Å². The van der Waals surface area contributed by atoms with E-state index in [-0.39, 0.29) is 42.9 Å². The van der Waals surface area contributed by atoms with Crippen LogP contribution in [-0.2, 0) is 0 Å². The fraction of sp³-hybridized carbons (Fsp3) is 0. The summed E-state index contributed by atoms with van der Waals surface area (Å²) in [6, 6.07) is 21.2. The number of halogens is 1. The van der Waals surface area contributed by atoms with Crippen molar-refractivity contribution in [1.29, 1.82) is 0 Å². The molecular formula is C14H17ClMgSi. The summed E-state index contributed by atoms with van der Waals surface area (Å²) in [6.45, 7) is 4.32. The first-order valence-electron chi connectivity index (χ1n) is 4.81. The van der Waals surface area contributed by atoms with Crippen LogP contribution in [0.2, 0.25) is 0 Å². The Morgan fingerprint density at radius 3 is 1.29 bits per heavy atom. The quantitative estimate of drug-likeness (QED) is 0.579. The molecule has 0 unspecified atom stereocenters. The van der Waals surface area contributed by atoms with Crippen LogP contribution in [0.4, 0.5) is 0 Å². The third-order valence-electron chi connectivity index (χ3n) is 2.40. The van der Waals surface area contributed by atoms with E-state index in [1.807, 2.05) is 0 Å². The van der Waals surface area contributed by atoms with Crippen molar-refractivity contribution in [2.75, 3.05) is 0 Å². The minimum atomic E-state index is -1.17. The van der Waals surface area contributed by atoms with E-state index >= 15 is 0 Å². The average molecular weight is 273 g/mol. The fourth-order valence-electron chi connectivity index (χ4n) is 1.56. The topological polar surface area (TPSA) is 0 Å². The van der Waals surface area contributed by atoms with E-state index in [9.17, 15) is 0 Å². The molecule has 2 aromatic rings. The van der Waals surface area contributed by atoms with Crippen LogP contribution in [0, 0.1) is 14.0 Å². The van der Waals surface area contributed by atoms with Gasteiger partial charge in [0.1, 0.15) is 0 Å². The molecule has 0 saturated carbocycles. The van der Waals surface area contributed by atoms with E-state index in [4.69, 9.17) is 0 Å². The molecular weight excluding hydrogens is 256 g/mol. The van der Waals surface area contributed by atoms with Gasteiger partial charge in [0.2, 0.25) is 0 Å². The molecule has 3 heteroatoms. The summed E-state index contributed by atoms with van der Waals surface area (Å²) >= 11 is 0. The molecule has 2 aromatic carbocycles. The van der Waals surface area contributed by atoms with Crippen LogP contribution in [0.1, 0.15) is 0 Å². The normalized spacial score (nSPS) is 8.59. The molecule has 0 aromatic heterocycles. The fourth-order valence-corrected chi connectivity index (χ4v) is 3.32. The number of hydrogen-bond donors (Lipinski definition) is 0. The van der Waals surface area contributed by atoms with Crippen LogP contribution in [0.15, 0.2) is 60.7 Å². The van der Waals surface area contributed by atoms with Crippen LogP contribution in [0.3, 0.4) is 0 Å². The summed E-state index contributed by atoms with van der Waals surface area (Å²) in [5.74, 6) is 0. The molecule has 17 heavy (non-hydrogen) atoms. The third kappa shape index (κ3) is 5.25. The maximum atomic E-state index is 4.32. The molecule has 0 amide bonds. The zero-order chi connectivity index (χ0) is 9.80. The molecule has 0 N–H and O–H groups in total. The molecule has 0 spiro atoms. The van der Waals surface area contributed by atoms with Gasteiger partial charge in [-0.05, 0) is 8.80 Å². The molecule has 0 saturated heterocycles. The second-order valence-corrected chi connectivity index (χ2v) is 5.81. The van der Waals surface area contributed by atoms with Crippen molar-refractivity contribution in [1.82, 2.24) is 0 Å². The standard InChI is InChI=1S/C13H13Si.CH3.ClH.Mg/c1-14(12-8-4-2-5-9-12)13-10-6-3-7-11-13;;;/h2-11,14H,1H2;1H3;1H;/q2*-1;;+2. The predicted octanol–water partition coefficient (Wildman–Crippen LogP) is 1.89. The van der Waals surface area contributed by atoms with Gasteiger partial charge in [-0.3, -0.25) is 0 Å². The summed E-state index contributed by atoms with van der Waals surface area (Å²) < 4.78 is 0. The van der Waals surface area contributed by atoms with Crippen LogP contribution in [0.5, 0.6) is 0 Å². The maximum Gasteiger partial charge on any atom is 2.00 e. The Labute approximate surface area is 129 Å². The first-order valence-corrected chi connectivity index (χ1v) is 6.78. The Bertz CT molecular complexity index is 352. The van der Waals surface area contributed by atoms with Crippen molar-refractivity contribution < 1.29 is 0 Å². The molecule has 0 aliphatic rings. The Balaban J connectivity index is 0. The van der Waals surface area contributed by atoms with Crippen molar-refractivity contribution in [3.63, 3.8) is 0 Å². The number of benzene rings is 2. The van der Waals surface area contributed by atoms with E-state index in [0.717, 1.165) is 0 Å². The molecule has 2 rings (SSSR count). The van der Waals surface area contributed by atoms with Gasteiger partial charge in [-0.2, -0.15) is 0 Å². The molecule has 0 radical (unpaired) electrons. The van der Waals surface area contributed by atoms with E-state index in [1.165, 1.54) is 10.4 Å². The molecule has 0 nitrogen and oxygen atoms in total. The van der Waals surface area contributed by atoms with Crippen molar-refractivity contribution in [2.24, 2.45) is 0 Å². The van der Waals surface area contributed by atoms with E-state index in [1.54, 1.807) is 0 Å². The largest absolute Gasteiger partial charge is 2.00 e. The van der Waals surface area contributed by atoms with Gasteiger partial charge in [-0.25, -0.2) is 0 Å². The van der Waals surface area contributed by atoms with Crippen molar-refractivity contribution >= 4 is 54.6 Å². The summed E-state index contributed by atoms with van der Waals surface area (Å²) in [6.07, 6.45) is 0. The third-order valence-corrected chi connectivity index (χ3v) is 4.78. The SMILES string of the molecule is Cl.[CH2-][SiH](c1ccccc1)c1ccccc1.[CH3-].[Mg+2]. The summed E-state index contributed by atoms with van der Waals surface area (Å²) in [4.78, 5) is 0.